The normalized spacial score (nSPS) is 10.5. The van der Waals surface area contributed by atoms with Crippen LogP contribution in [0, 0.1) is 11.8 Å². The molecule has 2 nitrogen and oxygen atoms in total. The second kappa shape index (κ2) is 5.58. The molecule has 0 saturated heterocycles. The number of ether oxygens (including phenoxy) is 1. The molecule has 0 fully saturated rings. The molecular formula is C14H19NO. The van der Waals surface area contributed by atoms with Gasteiger partial charge in [-0.2, -0.15) is 0 Å². The van der Waals surface area contributed by atoms with Crippen molar-refractivity contribution in [1.82, 2.24) is 0 Å². The lowest BCUT2D eigenvalue weighted by atomic mass is 9.95. The van der Waals surface area contributed by atoms with Gasteiger partial charge in [0.1, 0.15) is 5.75 Å². The van der Waals surface area contributed by atoms with Crippen LogP contribution in [-0.4, -0.2) is 12.6 Å². The molecule has 2 N–H and O–H groups in total. The van der Waals surface area contributed by atoms with Gasteiger partial charge < -0.3 is 10.5 Å². The predicted molar refractivity (Wildman–Crippen MR) is 67.4 cm³/mol. The first-order chi connectivity index (χ1) is 7.63. The molecule has 0 aliphatic carbocycles. The Morgan fingerprint density at radius 3 is 2.19 bits per heavy atom. The number of hydrogen-bond acceptors (Lipinski definition) is 2. The van der Waals surface area contributed by atoms with Gasteiger partial charge in [0.2, 0.25) is 0 Å². The molecule has 1 rings (SSSR count). The quantitative estimate of drug-likeness (QED) is 0.790. The molecule has 0 unspecified atom stereocenters. The number of benzene rings is 1. The number of rotatable bonds is 3. The summed E-state index contributed by atoms with van der Waals surface area (Å²) in [5, 5.41) is 0. The number of methoxy groups -OCH3 is 1. The average Bonchev–Trinajstić information content (AvgIpc) is 2.36. The molecule has 2 heteroatoms. The van der Waals surface area contributed by atoms with Crippen LogP contribution < -0.4 is 10.5 Å². The topological polar surface area (TPSA) is 35.2 Å². The minimum Gasteiger partial charge on any atom is -0.497 e. The van der Waals surface area contributed by atoms with Crippen molar-refractivity contribution in [3.63, 3.8) is 0 Å². The van der Waals surface area contributed by atoms with Crippen LogP contribution in [0.15, 0.2) is 24.3 Å². The Labute approximate surface area is 97.8 Å². The summed E-state index contributed by atoms with van der Waals surface area (Å²) in [4.78, 5) is 0. The Balaban J connectivity index is 2.83. The van der Waals surface area contributed by atoms with E-state index in [1.807, 2.05) is 24.3 Å². The minimum atomic E-state index is -0.361. The lowest BCUT2D eigenvalue weighted by molar-refractivity contribution is 0.415. The summed E-state index contributed by atoms with van der Waals surface area (Å²) < 4.78 is 5.08. The summed E-state index contributed by atoms with van der Waals surface area (Å²) in [6.07, 6.45) is 1.74. The van der Waals surface area contributed by atoms with Gasteiger partial charge in [0.25, 0.3) is 0 Å². The fraction of sp³-hybridized carbons (Fsp3) is 0.429. The van der Waals surface area contributed by atoms with E-state index in [0.717, 1.165) is 24.2 Å². The van der Waals surface area contributed by atoms with E-state index in [-0.39, 0.29) is 5.54 Å². The molecule has 0 amide bonds. The second-order valence-electron chi connectivity index (χ2n) is 3.84. The van der Waals surface area contributed by atoms with Crippen LogP contribution in [0.4, 0.5) is 0 Å². The summed E-state index contributed by atoms with van der Waals surface area (Å²) in [6, 6.07) is 7.69. The molecule has 1 aromatic rings. The van der Waals surface area contributed by atoms with Gasteiger partial charge >= 0.3 is 0 Å². The van der Waals surface area contributed by atoms with E-state index in [1.165, 1.54) is 0 Å². The van der Waals surface area contributed by atoms with Crippen LogP contribution >= 0.6 is 0 Å². The number of nitrogens with two attached hydrogens (primary N) is 1. The predicted octanol–water partition coefficient (Wildman–Crippen LogP) is 2.56. The smallest absolute Gasteiger partial charge is 0.118 e. The third kappa shape index (κ3) is 3.29. The molecule has 0 aliphatic rings. The number of hydrogen-bond donors (Lipinski definition) is 1. The largest absolute Gasteiger partial charge is 0.497 e. The van der Waals surface area contributed by atoms with Gasteiger partial charge in [-0.15, -0.1) is 0 Å². The van der Waals surface area contributed by atoms with Crippen LogP contribution in [0.25, 0.3) is 0 Å². The zero-order valence-corrected chi connectivity index (χ0v) is 10.2. The lowest BCUT2D eigenvalue weighted by Gasteiger charge is -2.18. The lowest BCUT2D eigenvalue weighted by Crippen LogP contribution is -2.36. The standard InChI is InChI=1S/C14H19NO/c1-4-14(15,5-2)11-10-12-6-8-13(16-3)9-7-12/h6-9H,4-5,15H2,1-3H3. The Morgan fingerprint density at radius 2 is 1.75 bits per heavy atom. The van der Waals surface area contributed by atoms with Crippen LogP contribution in [0.3, 0.4) is 0 Å². The summed E-state index contributed by atoms with van der Waals surface area (Å²) in [5.74, 6) is 7.09. The Bertz CT molecular complexity index is 379. The van der Waals surface area contributed by atoms with Gasteiger partial charge in [0.05, 0.1) is 12.6 Å². The Kier molecular flexibility index (Phi) is 4.39. The molecule has 16 heavy (non-hydrogen) atoms. The van der Waals surface area contributed by atoms with E-state index in [2.05, 4.69) is 25.7 Å². The van der Waals surface area contributed by atoms with Gasteiger partial charge in [0.15, 0.2) is 0 Å². The molecular weight excluding hydrogens is 198 g/mol. The first kappa shape index (κ1) is 12.6. The highest BCUT2D eigenvalue weighted by molar-refractivity contribution is 5.39. The van der Waals surface area contributed by atoms with Gasteiger partial charge in [-0.05, 0) is 37.1 Å². The molecule has 0 atom stereocenters. The van der Waals surface area contributed by atoms with Gasteiger partial charge in [0, 0.05) is 5.56 Å². The van der Waals surface area contributed by atoms with Crippen molar-refractivity contribution in [2.24, 2.45) is 5.73 Å². The molecule has 0 spiro atoms. The zero-order chi connectivity index (χ0) is 12.0. The van der Waals surface area contributed by atoms with Crippen molar-refractivity contribution in [2.45, 2.75) is 32.2 Å². The minimum absolute atomic E-state index is 0.361. The van der Waals surface area contributed by atoms with Crippen molar-refractivity contribution in [1.29, 1.82) is 0 Å². The van der Waals surface area contributed by atoms with E-state index in [9.17, 15) is 0 Å². The highest BCUT2D eigenvalue weighted by atomic mass is 16.5. The molecule has 0 radical (unpaired) electrons. The summed E-state index contributed by atoms with van der Waals surface area (Å²) in [5.41, 5.74) is 6.71. The van der Waals surface area contributed by atoms with Gasteiger partial charge in [-0.25, -0.2) is 0 Å². The SMILES string of the molecule is CCC(N)(C#Cc1ccc(OC)cc1)CC. The van der Waals surface area contributed by atoms with E-state index in [4.69, 9.17) is 10.5 Å². The molecule has 0 aromatic heterocycles. The van der Waals surface area contributed by atoms with Crippen molar-refractivity contribution in [3.8, 4) is 17.6 Å². The molecule has 0 bridgehead atoms. The summed E-state index contributed by atoms with van der Waals surface area (Å²) in [6.45, 7) is 4.12. The fourth-order valence-electron chi connectivity index (χ4n) is 1.30. The first-order valence-corrected chi connectivity index (χ1v) is 5.59. The maximum Gasteiger partial charge on any atom is 0.118 e. The fourth-order valence-corrected chi connectivity index (χ4v) is 1.30. The van der Waals surface area contributed by atoms with E-state index < -0.39 is 0 Å². The maximum absolute atomic E-state index is 6.10. The summed E-state index contributed by atoms with van der Waals surface area (Å²) >= 11 is 0. The molecule has 0 heterocycles. The zero-order valence-electron chi connectivity index (χ0n) is 10.2. The molecule has 86 valence electrons. The van der Waals surface area contributed by atoms with Crippen LogP contribution in [0.1, 0.15) is 32.3 Å². The van der Waals surface area contributed by atoms with Crippen LogP contribution in [0.2, 0.25) is 0 Å². The van der Waals surface area contributed by atoms with Gasteiger partial charge in [-0.3, -0.25) is 0 Å². The molecule has 0 aliphatic heterocycles. The van der Waals surface area contributed by atoms with Crippen LogP contribution in [-0.2, 0) is 0 Å². The van der Waals surface area contributed by atoms with Gasteiger partial charge in [-0.1, -0.05) is 25.7 Å². The van der Waals surface area contributed by atoms with Crippen molar-refractivity contribution < 1.29 is 4.74 Å². The Morgan fingerprint density at radius 1 is 1.19 bits per heavy atom. The highest BCUT2D eigenvalue weighted by Crippen LogP contribution is 2.12. The highest BCUT2D eigenvalue weighted by Gasteiger charge is 2.15. The van der Waals surface area contributed by atoms with Crippen molar-refractivity contribution in [3.05, 3.63) is 29.8 Å². The third-order valence-electron chi connectivity index (χ3n) is 2.81. The average molecular weight is 217 g/mol. The van der Waals surface area contributed by atoms with E-state index in [0.29, 0.717) is 0 Å². The molecule has 0 saturated carbocycles. The van der Waals surface area contributed by atoms with E-state index in [1.54, 1.807) is 7.11 Å². The van der Waals surface area contributed by atoms with Crippen LogP contribution in [0.5, 0.6) is 5.75 Å². The van der Waals surface area contributed by atoms with E-state index >= 15 is 0 Å². The Hall–Kier alpha value is -1.46. The summed E-state index contributed by atoms with van der Waals surface area (Å²) in [7, 11) is 1.65. The van der Waals surface area contributed by atoms with Crippen molar-refractivity contribution in [2.75, 3.05) is 7.11 Å². The maximum atomic E-state index is 6.10. The second-order valence-corrected chi connectivity index (χ2v) is 3.84. The first-order valence-electron chi connectivity index (χ1n) is 5.59. The molecule has 1 aromatic carbocycles. The monoisotopic (exact) mass is 217 g/mol. The third-order valence-corrected chi connectivity index (χ3v) is 2.81. The van der Waals surface area contributed by atoms with Crippen molar-refractivity contribution >= 4 is 0 Å².